The van der Waals surface area contributed by atoms with Crippen LogP contribution in [0.3, 0.4) is 0 Å². The molecule has 1 nitrogen and oxygen atoms in total. The molecule has 0 atom stereocenters. The molecule has 33 heavy (non-hydrogen) atoms. The largest absolute Gasteiger partial charge is 0.317 e. The summed E-state index contributed by atoms with van der Waals surface area (Å²) < 4.78 is 0. The molecule has 0 aliphatic carbocycles. The van der Waals surface area contributed by atoms with Crippen molar-refractivity contribution in [1.29, 1.82) is 0 Å². The first kappa shape index (κ1) is 33.0. The van der Waals surface area contributed by atoms with E-state index in [4.69, 9.17) is 0 Å². The predicted octanol–water partition coefficient (Wildman–Crippen LogP) is 11.5. The molecule has 1 N–H and O–H groups in total. The van der Waals surface area contributed by atoms with Crippen molar-refractivity contribution < 1.29 is 0 Å². The number of hydrogen-bond donors (Lipinski definition) is 1. The van der Waals surface area contributed by atoms with E-state index in [0.29, 0.717) is 0 Å². The number of unbranched alkanes of at least 4 members (excludes halogenated alkanes) is 26. The van der Waals surface area contributed by atoms with Crippen LogP contribution in [0.5, 0.6) is 0 Å². The summed E-state index contributed by atoms with van der Waals surface area (Å²) in [5.41, 5.74) is 0. The van der Waals surface area contributed by atoms with E-state index in [1.807, 2.05) is 0 Å². The van der Waals surface area contributed by atoms with Gasteiger partial charge in [-0.2, -0.15) is 0 Å². The summed E-state index contributed by atoms with van der Waals surface area (Å²) in [6.45, 7) is 7.09. The number of nitrogens with one attached hydrogen (secondary N) is 1. The average Bonchev–Trinajstić information content (AvgIpc) is 2.83. The van der Waals surface area contributed by atoms with Gasteiger partial charge in [-0.3, -0.25) is 0 Å². The van der Waals surface area contributed by atoms with Crippen LogP contribution in [-0.4, -0.2) is 13.1 Å². The summed E-state index contributed by atoms with van der Waals surface area (Å²) in [6.07, 6.45) is 40.8. The second-order valence-electron chi connectivity index (χ2n) is 10.9. The van der Waals surface area contributed by atoms with Gasteiger partial charge in [-0.15, -0.1) is 0 Å². The van der Waals surface area contributed by atoms with Gasteiger partial charge in [-0.05, 0) is 25.9 Å². The van der Waals surface area contributed by atoms with Crippen LogP contribution in [0.2, 0.25) is 0 Å². The Labute approximate surface area is 212 Å². The Morgan fingerprint density at radius 1 is 0.242 bits per heavy atom. The van der Waals surface area contributed by atoms with E-state index in [1.54, 1.807) is 0 Å². The smallest absolute Gasteiger partial charge is 0.00489 e. The highest BCUT2D eigenvalue weighted by atomic mass is 14.8. The molecule has 0 amide bonds. The van der Waals surface area contributed by atoms with E-state index in [0.717, 1.165) is 0 Å². The van der Waals surface area contributed by atoms with Gasteiger partial charge in [-0.25, -0.2) is 0 Å². The molecule has 0 rings (SSSR count). The van der Waals surface area contributed by atoms with Crippen LogP contribution in [-0.2, 0) is 0 Å². The fourth-order valence-electron chi connectivity index (χ4n) is 5.01. The standard InChI is InChI=1S/C32H67N/c1-3-5-7-9-11-12-13-14-15-16-17-18-19-20-21-22-23-24-25-26-28-30-32-33-31-29-27-10-8-6-4-2/h33H,3-32H2,1-2H3. The molecule has 0 aliphatic rings. The second-order valence-corrected chi connectivity index (χ2v) is 10.9. The van der Waals surface area contributed by atoms with Gasteiger partial charge in [-0.1, -0.05) is 181 Å². The van der Waals surface area contributed by atoms with Gasteiger partial charge in [0.05, 0.1) is 0 Å². The molecule has 0 fully saturated rings. The van der Waals surface area contributed by atoms with E-state index in [9.17, 15) is 0 Å². The van der Waals surface area contributed by atoms with Crippen LogP contribution in [0, 0.1) is 0 Å². The highest BCUT2D eigenvalue weighted by Gasteiger charge is 1.96. The third kappa shape index (κ3) is 32.0. The first-order chi connectivity index (χ1) is 16.4. The van der Waals surface area contributed by atoms with Crippen molar-refractivity contribution >= 4 is 0 Å². The molecule has 0 aromatic rings. The Morgan fingerprint density at radius 2 is 0.424 bits per heavy atom. The molecule has 0 bridgehead atoms. The van der Waals surface area contributed by atoms with Crippen LogP contribution in [0.1, 0.15) is 194 Å². The van der Waals surface area contributed by atoms with E-state index < -0.39 is 0 Å². The van der Waals surface area contributed by atoms with Crippen molar-refractivity contribution in [3.8, 4) is 0 Å². The second kappa shape index (κ2) is 32.0. The molecule has 0 aromatic carbocycles. The summed E-state index contributed by atoms with van der Waals surface area (Å²) in [6, 6.07) is 0. The molecule has 1 heteroatoms. The zero-order chi connectivity index (χ0) is 23.9. The minimum absolute atomic E-state index is 1.24. The fourth-order valence-corrected chi connectivity index (χ4v) is 5.01. The van der Waals surface area contributed by atoms with E-state index in [1.165, 1.54) is 193 Å². The third-order valence-electron chi connectivity index (χ3n) is 7.41. The van der Waals surface area contributed by atoms with Gasteiger partial charge in [0, 0.05) is 0 Å². The molecule has 200 valence electrons. The molecule has 0 aliphatic heterocycles. The summed E-state index contributed by atoms with van der Waals surface area (Å²) in [5.74, 6) is 0. The quantitative estimate of drug-likeness (QED) is 0.104. The molecule has 0 unspecified atom stereocenters. The number of rotatable bonds is 30. The predicted molar refractivity (Wildman–Crippen MR) is 153 cm³/mol. The Balaban J connectivity index is 2.99. The molecular weight excluding hydrogens is 398 g/mol. The first-order valence-corrected chi connectivity index (χ1v) is 16.1. The van der Waals surface area contributed by atoms with Crippen molar-refractivity contribution in [3.05, 3.63) is 0 Å². The first-order valence-electron chi connectivity index (χ1n) is 16.1. The van der Waals surface area contributed by atoms with Gasteiger partial charge in [0.25, 0.3) is 0 Å². The highest BCUT2D eigenvalue weighted by Crippen LogP contribution is 2.15. The van der Waals surface area contributed by atoms with Crippen molar-refractivity contribution in [3.63, 3.8) is 0 Å². The summed E-state index contributed by atoms with van der Waals surface area (Å²) in [5, 5.41) is 3.64. The summed E-state index contributed by atoms with van der Waals surface area (Å²) in [4.78, 5) is 0. The van der Waals surface area contributed by atoms with Crippen molar-refractivity contribution in [1.82, 2.24) is 5.32 Å². The summed E-state index contributed by atoms with van der Waals surface area (Å²) >= 11 is 0. The van der Waals surface area contributed by atoms with Crippen molar-refractivity contribution in [2.45, 2.75) is 194 Å². The van der Waals surface area contributed by atoms with Gasteiger partial charge in [0.15, 0.2) is 0 Å². The zero-order valence-electron chi connectivity index (χ0n) is 23.7. The lowest BCUT2D eigenvalue weighted by Crippen LogP contribution is -2.16. The molecule has 0 spiro atoms. The average molecular weight is 466 g/mol. The third-order valence-corrected chi connectivity index (χ3v) is 7.41. The normalized spacial score (nSPS) is 11.5. The van der Waals surface area contributed by atoms with Gasteiger partial charge < -0.3 is 5.32 Å². The zero-order valence-corrected chi connectivity index (χ0v) is 23.7. The van der Waals surface area contributed by atoms with Crippen LogP contribution in [0.15, 0.2) is 0 Å². The Morgan fingerprint density at radius 3 is 0.636 bits per heavy atom. The topological polar surface area (TPSA) is 12.0 Å². The molecule has 0 heterocycles. The van der Waals surface area contributed by atoms with E-state index in [2.05, 4.69) is 19.2 Å². The molecule has 0 aromatic heterocycles. The SMILES string of the molecule is CCCCCCCCCCCCCCCCCCCCCCCCNCCCCCCCC. The lowest BCUT2D eigenvalue weighted by atomic mass is 10.0. The van der Waals surface area contributed by atoms with Crippen molar-refractivity contribution in [2.24, 2.45) is 0 Å². The minimum Gasteiger partial charge on any atom is -0.317 e. The van der Waals surface area contributed by atoms with Gasteiger partial charge >= 0.3 is 0 Å². The molecule has 0 saturated heterocycles. The van der Waals surface area contributed by atoms with Gasteiger partial charge in [0.2, 0.25) is 0 Å². The van der Waals surface area contributed by atoms with Gasteiger partial charge in [0.1, 0.15) is 0 Å². The Kier molecular flexibility index (Phi) is 31.9. The monoisotopic (exact) mass is 466 g/mol. The van der Waals surface area contributed by atoms with Crippen molar-refractivity contribution in [2.75, 3.05) is 13.1 Å². The van der Waals surface area contributed by atoms with Crippen LogP contribution < -0.4 is 5.32 Å². The van der Waals surface area contributed by atoms with E-state index >= 15 is 0 Å². The number of hydrogen-bond acceptors (Lipinski definition) is 1. The van der Waals surface area contributed by atoms with Crippen LogP contribution in [0.25, 0.3) is 0 Å². The minimum atomic E-state index is 1.24. The fraction of sp³-hybridized carbons (Fsp3) is 1.00. The Bertz CT molecular complexity index is 284. The van der Waals surface area contributed by atoms with E-state index in [-0.39, 0.29) is 0 Å². The molecule has 0 saturated carbocycles. The van der Waals surface area contributed by atoms with Crippen LogP contribution in [0.4, 0.5) is 0 Å². The maximum atomic E-state index is 3.64. The molecular formula is C32H67N. The van der Waals surface area contributed by atoms with Crippen LogP contribution >= 0.6 is 0 Å². The lowest BCUT2D eigenvalue weighted by Gasteiger charge is -2.05. The molecule has 0 radical (unpaired) electrons. The lowest BCUT2D eigenvalue weighted by molar-refractivity contribution is 0.515. The maximum Gasteiger partial charge on any atom is -0.00489 e. The maximum absolute atomic E-state index is 3.64. The Hall–Kier alpha value is -0.0400. The summed E-state index contributed by atoms with van der Waals surface area (Å²) in [7, 11) is 0. The highest BCUT2D eigenvalue weighted by molar-refractivity contribution is 4.53.